The molecule has 0 radical (unpaired) electrons. The van der Waals surface area contributed by atoms with Gasteiger partial charge < -0.3 is 9.84 Å². The molecule has 34 heavy (non-hydrogen) atoms. The molecule has 4 aliphatic carbocycles. The molecule has 0 heterocycles. The van der Waals surface area contributed by atoms with Crippen LogP contribution in [0, 0.1) is 28.6 Å². The fraction of sp³-hybridized carbons (Fsp3) is 0.774. The maximum Gasteiger partial charge on any atom is 0.302 e. The molecule has 4 unspecified atom stereocenters. The minimum atomic E-state index is -0.535. The van der Waals surface area contributed by atoms with E-state index in [1.54, 1.807) is 5.57 Å². The van der Waals surface area contributed by atoms with E-state index >= 15 is 0 Å². The van der Waals surface area contributed by atoms with Crippen molar-refractivity contribution in [3.05, 3.63) is 35.5 Å². The minimum absolute atomic E-state index is 0.197. The van der Waals surface area contributed by atoms with Crippen LogP contribution in [-0.2, 0) is 9.53 Å². The average Bonchev–Trinajstić information content (AvgIpc) is 3.43. The van der Waals surface area contributed by atoms with E-state index in [0.717, 1.165) is 43.9 Å². The highest BCUT2D eigenvalue weighted by Gasteiger charge is 2.60. The van der Waals surface area contributed by atoms with Crippen LogP contribution >= 0.6 is 0 Å². The zero-order chi connectivity index (χ0) is 24.6. The van der Waals surface area contributed by atoms with E-state index in [2.05, 4.69) is 25.7 Å². The molecule has 0 aromatic rings. The predicted octanol–water partition coefficient (Wildman–Crippen LogP) is 7.70. The number of rotatable bonds is 8. The molecule has 0 aromatic carbocycles. The van der Waals surface area contributed by atoms with Crippen LogP contribution in [0.2, 0.25) is 0 Å². The third-order valence-electron chi connectivity index (χ3n) is 9.95. The summed E-state index contributed by atoms with van der Waals surface area (Å²) < 4.78 is 5.30. The van der Waals surface area contributed by atoms with Gasteiger partial charge in [-0.15, -0.1) is 0 Å². The van der Waals surface area contributed by atoms with Gasteiger partial charge in [0, 0.05) is 12.8 Å². The zero-order valence-corrected chi connectivity index (χ0v) is 22.3. The van der Waals surface area contributed by atoms with E-state index in [-0.39, 0.29) is 11.9 Å². The summed E-state index contributed by atoms with van der Waals surface area (Å²) in [5, 5.41) is 10.2. The summed E-state index contributed by atoms with van der Waals surface area (Å²) in [5.41, 5.74) is 4.67. The van der Waals surface area contributed by atoms with Crippen molar-refractivity contribution in [3.63, 3.8) is 0 Å². The van der Waals surface area contributed by atoms with Crippen molar-refractivity contribution in [1.29, 1.82) is 0 Å². The number of aliphatic hydroxyl groups is 1. The number of allylic oxidation sites excluding steroid dienone is 4. The summed E-state index contributed by atoms with van der Waals surface area (Å²) in [5.74, 6) is 1.65. The quantitative estimate of drug-likeness (QED) is 0.371. The number of fused-ring (bicyclic) bond motifs is 1. The number of ether oxygens (including phenoxy) is 1. The molecule has 0 saturated heterocycles. The summed E-state index contributed by atoms with van der Waals surface area (Å²) in [4.78, 5) is 11.3. The Kier molecular flexibility index (Phi) is 7.54. The molecule has 3 nitrogen and oxygen atoms in total. The Morgan fingerprint density at radius 1 is 1.15 bits per heavy atom. The normalized spacial score (nSPS) is 35.4. The van der Waals surface area contributed by atoms with Crippen LogP contribution in [0.1, 0.15) is 111 Å². The minimum Gasteiger partial charge on any atom is -0.465 e. The fourth-order valence-electron chi connectivity index (χ4n) is 7.99. The Morgan fingerprint density at radius 2 is 1.91 bits per heavy atom. The van der Waals surface area contributed by atoms with Crippen LogP contribution in [0.25, 0.3) is 0 Å². The Hall–Kier alpha value is -1.35. The monoisotopic (exact) mass is 468 g/mol. The van der Waals surface area contributed by atoms with E-state index < -0.39 is 5.60 Å². The third kappa shape index (κ3) is 5.55. The molecule has 4 atom stereocenters. The molecule has 0 amide bonds. The Bertz CT molecular complexity index is 837. The number of carbonyl (C=O) groups is 1. The van der Waals surface area contributed by atoms with Crippen molar-refractivity contribution in [2.75, 3.05) is 6.61 Å². The first kappa shape index (κ1) is 25.7. The molecule has 1 N–H and O–H groups in total. The van der Waals surface area contributed by atoms with Crippen molar-refractivity contribution < 1.29 is 14.6 Å². The van der Waals surface area contributed by atoms with Gasteiger partial charge in [0.15, 0.2) is 0 Å². The molecule has 4 saturated carbocycles. The van der Waals surface area contributed by atoms with Crippen LogP contribution in [0.3, 0.4) is 0 Å². The van der Waals surface area contributed by atoms with Crippen LogP contribution < -0.4 is 0 Å². The van der Waals surface area contributed by atoms with E-state index in [1.165, 1.54) is 69.4 Å². The second-order valence-electron chi connectivity index (χ2n) is 12.9. The lowest BCUT2D eigenvalue weighted by molar-refractivity contribution is -0.142. The summed E-state index contributed by atoms with van der Waals surface area (Å²) in [6.07, 6.45) is 21.0. The highest BCUT2D eigenvalue weighted by atomic mass is 16.5. The van der Waals surface area contributed by atoms with Crippen LogP contribution in [0.4, 0.5) is 0 Å². The standard InChI is InChI=1S/C31H48O3/c1-22-24(9-6-10-26(22)21-34-23(2)32)12-13-25-11-7-17-30(5)27(25)14-15-28(30)31(19-20-31)18-8-16-29(3,4)33/h12-13,26-28,33H,1,6-11,14-21H2,2-5H3/b24-12-,25-13+. The Balaban J connectivity index is 1.44. The number of hydrogen-bond acceptors (Lipinski definition) is 3. The van der Waals surface area contributed by atoms with Gasteiger partial charge in [-0.1, -0.05) is 37.6 Å². The number of hydrogen-bond donors (Lipinski definition) is 1. The first-order valence-corrected chi connectivity index (χ1v) is 14.0. The van der Waals surface area contributed by atoms with Crippen molar-refractivity contribution >= 4 is 5.97 Å². The molecular weight excluding hydrogens is 420 g/mol. The molecule has 4 fully saturated rings. The molecule has 0 bridgehead atoms. The van der Waals surface area contributed by atoms with Crippen LogP contribution in [-0.4, -0.2) is 23.3 Å². The fourth-order valence-corrected chi connectivity index (χ4v) is 7.99. The lowest BCUT2D eigenvalue weighted by Gasteiger charge is -2.45. The summed E-state index contributed by atoms with van der Waals surface area (Å²) in [6, 6.07) is 0. The first-order valence-electron chi connectivity index (χ1n) is 14.0. The average molecular weight is 469 g/mol. The SMILES string of the molecule is C=C1/C(=C\C=C2/CCCC3(C)C2CCC3C2(CCCC(C)(C)O)CC2)CCCC1COC(C)=O. The lowest BCUT2D eigenvalue weighted by atomic mass is 9.59. The molecule has 0 aliphatic heterocycles. The van der Waals surface area contributed by atoms with Gasteiger partial charge >= 0.3 is 5.97 Å². The molecule has 190 valence electrons. The Labute approximate surface area is 208 Å². The van der Waals surface area contributed by atoms with Gasteiger partial charge in [-0.25, -0.2) is 0 Å². The molecule has 0 spiro atoms. The van der Waals surface area contributed by atoms with Crippen LogP contribution in [0.15, 0.2) is 35.5 Å². The Morgan fingerprint density at radius 3 is 2.59 bits per heavy atom. The van der Waals surface area contributed by atoms with E-state index in [1.807, 2.05) is 13.8 Å². The first-order chi connectivity index (χ1) is 16.0. The number of esters is 1. The summed E-state index contributed by atoms with van der Waals surface area (Å²) >= 11 is 0. The highest BCUT2D eigenvalue weighted by Crippen LogP contribution is 2.70. The van der Waals surface area contributed by atoms with Gasteiger partial charge in [0.25, 0.3) is 0 Å². The molecular formula is C31H48O3. The van der Waals surface area contributed by atoms with Gasteiger partial charge in [0.05, 0.1) is 12.2 Å². The van der Waals surface area contributed by atoms with Crippen LogP contribution in [0.5, 0.6) is 0 Å². The molecule has 4 rings (SSSR count). The molecule has 3 heteroatoms. The van der Waals surface area contributed by atoms with E-state index in [9.17, 15) is 9.90 Å². The smallest absolute Gasteiger partial charge is 0.302 e. The van der Waals surface area contributed by atoms with E-state index in [4.69, 9.17) is 4.74 Å². The molecule has 4 aliphatic rings. The lowest BCUT2D eigenvalue weighted by Crippen LogP contribution is -2.37. The van der Waals surface area contributed by atoms with Crippen molar-refractivity contribution in [1.82, 2.24) is 0 Å². The maximum atomic E-state index is 11.3. The second kappa shape index (κ2) is 9.96. The third-order valence-corrected chi connectivity index (χ3v) is 9.95. The van der Waals surface area contributed by atoms with Gasteiger partial charge in [-0.05, 0) is 125 Å². The van der Waals surface area contributed by atoms with Crippen molar-refractivity contribution in [3.8, 4) is 0 Å². The zero-order valence-electron chi connectivity index (χ0n) is 22.3. The molecule has 0 aromatic heterocycles. The van der Waals surface area contributed by atoms with Crippen molar-refractivity contribution in [2.24, 2.45) is 28.6 Å². The second-order valence-corrected chi connectivity index (χ2v) is 12.9. The highest BCUT2D eigenvalue weighted by molar-refractivity contribution is 5.66. The van der Waals surface area contributed by atoms with Crippen molar-refractivity contribution in [2.45, 2.75) is 117 Å². The van der Waals surface area contributed by atoms with Gasteiger partial charge in [-0.2, -0.15) is 0 Å². The largest absolute Gasteiger partial charge is 0.465 e. The maximum absolute atomic E-state index is 11.3. The summed E-state index contributed by atoms with van der Waals surface area (Å²) in [6.45, 7) is 12.9. The summed E-state index contributed by atoms with van der Waals surface area (Å²) in [7, 11) is 0. The van der Waals surface area contributed by atoms with Gasteiger partial charge in [0.2, 0.25) is 0 Å². The van der Waals surface area contributed by atoms with Gasteiger partial charge in [-0.3, -0.25) is 4.79 Å². The topological polar surface area (TPSA) is 46.5 Å². The predicted molar refractivity (Wildman–Crippen MR) is 139 cm³/mol. The number of carbonyl (C=O) groups excluding carboxylic acids is 1. The van der Waals surface area contributed by atoms with E-state index in [0.29, 0.717) is 17.4 Å². The van der Waals surface area contributed by atoms with Gasteiger partial charge in [0.1, 0.15) is 0 Å².